The maximum absolute atomic E-state index is 0. The van der Waals surface area contributed by atoms with Crippen molar-refractivity contribution in [2.24, 2.45) is 0 Å². The van der Waals surface area contributed by atoms with E-state index < -0.39 is 0 Å². The zero-order chi connectivity index (χ0) is 0. The minimum Gasteiger partial charge on any atom is -0.358 e. The smallest absolute Gasteiger partial charge is 0.358 e. The van der Waals surface area contributed by atoms with Crippen LogP contribution < -0.4 is 0 Å². The Hall–Kier alpha value is 0.740. The molecule has 0 aliphatic rings. The van der Waals surface area contributed by atoms with Gasteiger partial charge in [-0.25, -0.2) is 0 Å². The Bertz CT molecular complexity index is 3.90. The summed E-state index contributed by atoms with van der Waals surface area (Å²) in [5, 5.41) is 0. The number of hydrogen-bond acceptors (Lipinski definition) is 0. The van der Waals surface area contributed by atoms with Gasteiger partial charge in [0.1, 0.15) is 0 Å². The molecule has 40 valence electrons. The molecule has 0 spiro atoms. The SMILES string of the molecule is [CH3-].[CH3-].[CH3-].[CH3-].[CH3-].[Ta+5]. The topological polar surface area (TPSA) is 0 Å². The summed E-state index contributed by atoms with van der Waals surface area (Å²) in [6, 6.07) is 0. The van der Waals surface area contributed by atoms with Gasteiger partial charge < -0.3 is 37.1 Å². The largest absolute Gasteiger partial charge is 5.00 e. The number of rotatable bonds is 0. The minimum absolute atomic E-state index is 0. The van der Waals surface area contributed by atoms with Crippen molar-refractivity contribution in [3.63, 3.8) is 0 Å². The Labute approximate surface area is 59.9 Å². The summed E-state index contributed by atoms with van der Waals surface area (Å²) in [6.07, 6.45) is 0. The van der Waals surface area contributed by atoms with E-state index in [2.05, 4.69) is 0 Å². The monoisotopic (exact) mass is 256 g/mol. The van der Waals surface area contributed by atoms with Gasteiger partial charge in [0.05, 0.1) is 0 Å². The van der Waals surface area contributed by atoms with Crippen molar-refractivity contribution in [2.45, 2.75) is 0 Å². The summed E-state index contributed by atoms with van der Waals surface area (Å²) < 4.78 is 0. The van der Waals surface area contributed by atoms with Crippen molar-refractivity contribution in [1.29, 1.82) is 0 Å². The molecule has 1 heteroatoms. The van der Waals surface area contributed by atoms with Crippen LogP contribution in [0.5, 0.6) is 0 Å². The predicted octanol–water partition coefficient (Wildman–Crippen LogP) is 2.25. The molecule has 0 amide bonds. The van der Waals surface area contributed by atoms with Crippen LogP contribution in [0, 0.1) is 37.1 Å². The van der Waals surface area contributed by atoms with E-state index in [1.54, 1.807) is 0 Å². The first-order valence-corrected chi connectivity index (χ1v) is 0. The summed E-state index contributed by atoms with van der Waals surface area (Å²) in [5.41, 5.74) is 0. The molecule has 0 heterocycles. The van der Waals surface area contributed by atoms with Crippen LogP contribution in [0.1, 0.15) is 0 Å². The fourth-order valence-corrected chi connectivity index (χ4v) is 0. The number of hydrogen-bond donors (Lipinski definition) is 0. The van der Waals surface area contributed by atoms with Crippen molar-refractivity contribution < 1.29 is 22.4 Å². The van der Waals surface area contributed by atoms with Crippen molar-refractivity contribution in [3.05, 3.63) is 37.1 Å². The quantitative estimate of drug-likeness (QED) is 0.583. The van der Waals surface area contributed by atoms with Gasteiger partial charge in [0.2, 0.25) is 0 Å². The Balaban J connectivity index is 0. The average Bonchev–Trinajstić information content (AvgIpc) is 0. The van der Waals surface area contributed by atoms with Crippen LogP contribution in [0.3, 0.4) is 0 Å². The molecular formula is C5H15Ta. The summed E-state index contributed by atoms with van der Waals surface area (Å²) in [5.74, 6) is 0. The van der Waals surface area contributed by atoms with E-state index in [0.717, 1.165) is 0 Å². The van der Waals surface area contributed by atoms with E-state index >= 15 is 0 Å². The van der Waals surface area contributed by atoms with Crippen LogP contribution in [0.15, 0.2) is 0 Å². The van der Waals surface area contributed by atoms with Gasteiger partial charge in [-0.05, 0) is 0 Å². The molecule has 0 N–H and O–H groups in total. The van der Waals surface area contributed by atoms with Crippen LogP contribution >= 0.6 is 0 Å². The molecule has 0 aromatic rings. The zero-order valence-electron chi connectivity index (χ0n) is 5.45. The second-order valence-electron chi connectivity index (χ2n) is 0. The van der Waals surface area contributed by atoms with Crippen LogP contribution in [0.4, 0.5) is 0 Å². The fourth-order valence-electron chi connectivity index (χ4n) is 0. The maximum atomic E-state index is 0. The van der Waals surface area contributed by atoms with Gasteiger partial charge in [-0.1, -0.05) is 0 Å². The van der Waals surface area contributed by atoms with Crippen LogP contribution in [-0.2, 0) is 22.4 Å². The Morgan fingerprint density at radius 1 is 0.333 bits per heavy atom. The molecule has 0 aliphatic carbocycles. The summed E-state index contributed by atoms with van der Waals surface area (Å²) in [6.45, 7) is 0. The molecule has 0 saturated heterocycles. The molecule has 0 fully saturated rings. The van der Waals surface area contributed by atoms with Gasteiger partial charge in [0.15, 0.2) is 0 Å². The Morgan fingerprint density at radius 3 is 0.333 bits per heavy atom. The van der Waals surface area contributed by atoms with Crippen LogP contribution in [-0.4, -0.2) is 0 Å². The zero-order valence-corrected chi connectivity index (χ0v) is 8.66. The van der Waals surface area contributed by atoms with Gasteiger partial charge in [-0.2, -0.15) is 0 Å². The molecule has 6 heavy (non-hydrogen) atoms. The molecule has 0 radical (unpaired) electrons. The van der Waals surface area contributed by atoms with Crippen molar-refractivity contribution in [3.8, 4) is 0 Å². The third-order valence-electron chi connectivity index (χ3n) is 0. The molecule has 0 nitrogen and oxygen atoms in total. The molecule has 0 aliphatic heterocycles. The van der Waals surface area contributed by atoms with Crippen molar-refractivity contribution >= 4 is 0 Å². The first-order chi connectivity index (χ1) is 0. The molecule has 0 aromatic heterocycles. The molecule has 0 rings (SSSR count). The van der Waals surface area contributed by atoms with Gasteiger partial charge in [0, 0.05) is 0 Å². The molecule has 0 aromatic carbocycles. The van der Waals surface area contributed by atoms with E-state index in [1.807, 2.05) is 0 Å². The van der Waals surface area contributed by atoms with Crippen LogP contribution in [0.2, 0.25) is 0 Å². The molecule has 0 atom stereocenters. The third kappa shape index (κ3) is 121. The first-order valence-electron chi connectivity index (χ1n) is 0. The van der Waals surface area contributed by atoms with E-state index in [9.17, 15) is 0 Å². The van der Waals surface area contributed by atoms with Gasteiger partial charge in [0.25, 0.3) is 0 Å². The summed E-state index contributed by atoms with van der Waals surface area (Å²) in [4.78, 5) is 0. The second kappa shape index (κ2) is 235. The predicted molar refractivity (Wildman–Crippen MR) is 32.1 cm³/mol. The first kappa shape index (κ1) is 405. The summed E-state index contributed by atoms with van der Waals surface area (Å²) >= 11 is 0. The van der Waals surface area contributed by atoms with Crippen LogP contribution in [0.25, 0.3) is 0 Å². The van der Waals surface area contributed by atoms with Gasteiger partial charge >= 0.3 is 22.4 Å². The maximum Gasteiger partial charge on any atom is 5.00 e. The fraction of sp³-hybridized carbons (Fsp3) is 0. The minimum atomic E-state index is 0. The third-order valence-corrected chi connectivity index (χ3v) is 0. The standard InChI is InChI=1S/5CH3.Ta/h5*1H3;/q5*-1;+5. The average molecular weight is 256 g/mol. The van der Waals surface area contributed by atoms with Gasteiger partial charge in [-0.3, -0.25) is 0 Å². The van der Waals surface area contributed by atoms with E-state index in [1.165, 1.54) is 0 Å². The Morgan fingerprint density at radius 2 is 0.333 bits per heavy atom. The molecule has 0 saturated carbocycles. The second-order valence-corrected chi connectivity index (χ2v) is 0. The van der Waals surface area contributed by atoms with E-state index in [-0.39, 0.29) is 59.5 Å². The van der Waals surface area contributed by atoms with E-state index in [4.69, 9.17) is 0 Å². The van der Waals surface area contributed by atoms with Gasteiger partial charge in [-0.15, -0.1) is 0 Å². The molecule has 0 bridgehead atoms. The normalized spacial score (nSPS) is 0. The Kier molecular flexibility index (Phi) is 15900. The van der Waals surface area contributed by atoms with E-state index in [0.29, 0.717) is 0 Å². The summed E-state index contributed by atoms with van der Waals surface area (Å²) in [7, 11) is 0. The van der Waals surface area contributed by atoms with Crippen molar-refractivity contribution in [1.82, 2.24) is 0 Å². The van der Waals surface area contributed by atoms with Crippen molar-refractivity contribution in [2.75, 3.05) is 0 Å². The molecule has 0 unspecified atom stereocenters. The molecular weight excluding hydrogens is 241 g/mol.